The Morgan fingerprint density at radius 3 is 0.985 bits per heavy atom. The smallest absolute Gasteiger partial charge is 0.306 e. The number of hydrogen-bond donors (Lipinski definition) is 0. The van der Waals surface area contributed by atoms with Gasteiger partial charge in [0.25, 0.3) is 0 Å². The first-order valence-electron chi connectivity index (χ1n) is 26.0. The molecule has 0 bridgehead atoms. The number of carbonyl (C=O) groups is 3. The van der Waals surface area contributed by atoms with Crippen molar-refractivity contribution in [3.05, 3.63) is 122 Å². The maximum absolute atomic E-state index is 12.8. The summed E-state index contributed by atoms with van der Waals surface area (Å²) in [7, 11) is 0. The Morgan fingerprint density at radius 1 is 0.323 bits per heavy atom. The predicted molar refractivity (Wildman–Crippen MR) is 279 cm³/mol. The van der Waals surface area contributed by atoms with Crippen LogP contribution in [0.2, 0.25) is 0 Å². The van der Waals surface area contributed by atoms with Crippen molar-refractivity contribution in [2.75, 3.05) is 13.2 Å². The number of hydrogen-bond acceptors (Lipinski definition) is 6. The van der Waals surface area contributed by atoms with Gasteiger partial charge in [0, 0.05) is 19.3 Å². The van der Waals surface area contributed by atoms with Crippen molar-refractivity contribution in [1.29, 1.82) is 0 Å². The van der Waals surface area contributed by atoms with E-state index in [2.05, 4.69) is 142 Å². The van der Waals surface area contributed by atoms with Crippen LogP contribution in [0.1, 0.15) is 213 Å². The predicted octanol–water partition coefficient (Wildman–Crippen LogP) is 17.3. The molecule has 0 aromatic rings. The molecule has 0 N–H and O–H groups in total. The molecule has 0 radical (unpaired) electrons. The van der Waals surface area contributed by atoms with Crippen molar-refractivity contribution >= 4 is 17.9 Å². The van der Waals surface area contributed by atoms with Gasteiger partial charge < -0.3 is 14.2 Å². The Morgan fingerprint density at radius 2 is 0.615 bits per heavy atom. The molecule has 0 spiro atoms. The van der Waals surface area contributed by atoms with Gasteiger partial charge in [0.05, 0.1) is 0 Å². The van der Waals surface area contributed by atoms with Crippen molar-refractivity contribution in [1.82, 2.24) is 0 Å². The molecule has 0 amide bonds. The molecule has 0 rings (SSSR count). The summed E-state index contributed by atoms with van der Waals surface area (Å²) >= 11 is 0. The second-order valence-electron chi connectivity index (χ2n) is 16.7. The van der Waals surface area contributed by atoms with Gasteiger partial charge in [-0.25, -0.2) is 0 Å². The molecule has 0 aromatic carbocycles. The van der Waals surface area contributed by atoms with E-state index in [9.17, 15) is 14.4 Å². The van der Waals surface area contributed by atoms with Gasteiger partial charge in [-0.1, -0.05) is 194 Å². The van der Waals surface area contributed by atoms with Gasteiger partial charge in [-0.3, -0.25) is 14.4 Å². The lowest BCUT2D eigenvalue weighted by molar-refractivity contribution is -0.167. The van der Waals surface area contributed by atoms with Crippen LogP contribution in [0.15, 0.2) is 122 Å². The normalized spacial score (nSPS) is 12.7. The first kappa shape index (κ1) is 60.8. The van der Waals surface area contributed by atoms with Gasteiger partial charge in [-0.15, -0.1) is 0 Å². The van der Waals surface area contributed by atoms with Crippen LogP contribution in [-0.4, -0.2) is 37.2 Å². The Hall–Kier alpha value is -4.19. The van der Waals surface area contributed by atoms with E-state index in [1.807, 2.05) is 0 Å². The van der Waals surface area contributed by atoms with Gasteiger partial charge in [0.1, 0.15) is 13.2 Å². The molecular weight excluding hydrogens is 805 g/mol. The largest absolute Gasteiger partial charge is 0.462 e. The third kappa shape index (κ3) is 50.7. The fourth-order valence-corrected chi connectivity index (χ4v) is 6.58. The van der Waals surface area contributed by atoms with E-state index in [-0.39, 0.29) is 37.5 Å². The summed E-state index contributed by atoms with van der Waals surface area (Å²) in [6, 6.07) is 0. The van der Waals surface area contributed by atoms with Gasteiger partial charge in [-0.05, 0) is 122 Å². The number of rotatable bonds is 45. The number of ether oxygens (including phenoxy) is 3. The Labute approximate surface area is 399 Å². The lowest BCUT2D eigenvalue weighted by Crippen LogP contribution is -2.30. The maximum atomic E-state index is 12.8. The zero-order valence-corrected chi connectivity index (χ0v) is 41.7. The molecule has 0 aliphatic carbocycles. The highest BCUT2D eigenvalue weighted by atomic mass is 16.6. The zero-order valence-electron chi connectivity index (χ0n) is 41.7. The molecule has 0 fully saturated rings. The summed E-state index contributed by atoms with van der Waals surface area (Å²) in [5, 5.41) is 0. The Bertz CT molecular complexity index is 1340. The molecule has 0 atom stereocenters. The van der Waals surface area contributed by atoms with E-state index in [1.54, 1.807) is 0 Å². The van der Waals surface area contributed by atoms with Crippen LogP contribution < -0.4 is 0 Å². The first-order chi connectivity index (χ1) is 32.0. The van der Waals surface area contributed by atoms with Crippen molar-refractivity contribution in [2.45, 2.75) is 219 Å². The van der Waals surface area contributed by atoms with Gasteiger partial charge in [0.15, 0.2) is 6.10 Å². The number of carbonyl (C=O) groups excluding carboxylic acids is 3. The van der Waals surface area contributed by atoms with E-state index in [0.29, 0.717) is 19.3 Å². The maximum Gasteiger partial charge on any atom is 0.306 e. The van der Waals surface area contributed by atoms with Gasteiger partial charge in [0.2, 0.25) is 0 Å². The SMILES string of the molecule is CC/C=C\C/C=C\C/C=C\CCCCCCCC(=O)OCC(COC(=O)CCCCCCC/C=C\C/C=C\C/C=C\CC)OC(=O)CCC/C=C\C/C=C\C/C=C\C/C=C\CCCCC. The average Bonchev–Trinajstić information content (AvgIpc) is 3.30. The van der Waals surface area contributed by atoms with E-state index in [1.165, 1.54) is 25.7 Å². The fraction of sp³-hybridized carbons (Fsp3) is 0.610. The standard InChI is InChI=1S/C59H94O6/c1-4-7-10-13-16-19-22-25-28-29-32-35-38-41-44-47-50-53-59(62)65-56(54-63-57(60)51-48-45-42-39-36-33-30-26-23-20-17-14-11-8-5-2)55-64-58(61)52-49-46-43-40-37-34-31-27-24-21-18-15-12-9-6-3/h8-9,11-12,16-21,25-28,30-32,35,41,44,56H,4-7,10,13-15,22-24,29,33-34,36-40,42-43,45-55H2,1-3H3/b11-8-,12-9-,19-16-,20-17-,21-18-,28-25-,30-26-,31-27-,35-32-,44-41-. The molecule has 0 unspecified atom stereocenters. The molecule has 0 heterocycles. The van der Waals surface area contributed by atoms with Crippen LogP contribution in [0.4, 0.5) is 0 Å². The minimum atomic E-state index is -0.824. The fourth-order valence-electron chi connectivity index (χ4n) is 6.58. The summed E-state index contributed by atoms with van der Waals surface area (Å²) < 4.78 is 16.7. The average molecular weight is 899 g/mol. The highest BCUT2D eigenvalue weighted by Gasteiger charge is 2.19. The summed E-state index contributed by atoms with van der Waals surface area (Å²) in [6.45, 7) is 6.29. The second kappa shape index (κ2) is 52.4. The Balaban J connectivity index is 4.56. The lowest BCUT2D eigenvalue weighted by Gasteiger charge is -2.18. The van der Waals surface area contributed by atoms with Crippen LogP contribution in [-0.2, 0) is 28.6 Å². The molecule has 65 heavy (non-hydrogen) atoms. The summed E-state index contributed by atoms with van der Waals surface area (Å²) in [5.41, 5.74) is 0. The van der Waals surface area contributed by atoms with Crippen LogP contribution in [0.5, 0.6) is 0 Å². The number of esters is 3. The number of allylic oxidation sites excluding steroid dienone is 20. The molecule has 0 aromatic heterocycles. The summed E-state index contributed by atoms with van der Waals surface area (Å²) in [6.07, 6.45) is 71.8. The molecule has 0 aliphatic rings. The first-order valence-corrected chi connectivity index (χ1v) is 26.0. The molecular formula is C59H94O6. The van der Waals surface area contributed by atoms with E-state index in [4.69, 9.17) is 14.2 Å². The van der Waals surface area contributed by atoms with Crippen LogP contribution >= 0.6 is 0 Å². The van der Waals surface area contributed by atoms with Crippen LogP contribution in [0, 0.1) is 0 Å². The van der Waals surface area contributed by atoms with Gasteiger partial charge in [-0.2, -0.15) is 0 Å². The third-order valence-corrected chi connectivity index (χ3v) is 10.4. The second-order valence-corrected chi connectivity index (χ2v) is 16.7. The monoisotopic (exact) mass is 899 g/mol. The minimum Gasteiger partial charge on any atom is -0.462 e. The van der Waals surface area contributed by atoms with Crippen LogP contribution in [0.25, 0.3) is 0 Å². The van der Waals surface area contributed by atoms with E-state index >= 15 is 0 Å². The molecule has 0 aliphatic heterocycles. The molecule has 0 saturated heterocycles. The lowest BCUT2D eigenvalue weighted by atomic mass is 10.1. The minimum absolute atomic E-state index is 0.118. The highest BCUT2D eigenvalue weighted by molar-refractivity contribution is 5.71. The van der Waals surface area contributed by atoms with Gasteiger partial charge >= 0.3 is 17.9 Å². The quantitative estimate of drug-likeness (QED) is 0.0262. The highest BCUT2D eigenvalue weighted by Crippen LogP contribution is 2.12. The van der Waals surface area contributed by atoms with E-state index in [0.717, 1.165) is 141 Å². The van der Waals surface area contributed by atoms with Crippen molar-refractivity contribution in [3.63, 3.8) is 0 Å². The Kier molecular flexibility index (Phi) is 49.1. The summed E-state index contributed by atoms with van der Waals surface area (Å²) in [5.74, 6) is -1.01. The van der Waals surface area contributed by atoms with E-state index < -0.39 is 6.10 Å². The molecule has 366 valence electrons. The van der Waals surface area contributed by atoms with Crippen molar-refractivity contribution in [3.8, 4) is 0 Å². The van der Waals surface area contributed by atoms with Crippen molar-refractivity contribution in [2.24, 2.45) is 0 Å². The topological polar surface area (TPSA) is 78.9 Å². The number of unbranched alkanes of at least 4 members (excludes halogenated alkanes) is 14. The molecule has 6 heteroatoms. The summed E-state index contributed by atoms with van der Waals surface area (Å²) in [4.78, 5) is 38.0. The third-order valence-electron chi connectivity index (χ3n) is 10.4. The molecule has 0 saturated carbocycles. The molecule has 6 nitrogen and oxygen atoms in total. The zero-order chi connectivity index (χ0) is 47.2. The van der Waals surface area contributed by atoms with Crippen LogP contribution in [0.3, 0.4) is 0 Å². The van der Waals surface area contributed by atoms with Crippen molar-refractivity contribution < 1.29 is 28.6 Å².